The molecule has 7 heteroatoms. The van der Waals surface area contributed by atoms with Gasteiger partial charge in [0.1, 0.15) is 5.60 Å². The maximum atomic E-state index is 12.6. The van der Waals surface area contributed by atoms with Crippen LogP contribution in [0.25, 0.3) is 0 Å². The molecule has 7 nitrogen and oxygen atoms in total. The van der Waals surface area contributed by atoms with Crippen molar-refractivity contribution >= 4 is 18.0 Å². The second kappa shape index (κ2) is 8.66. The van der Waals surface area contributed by atoms with Crippen LogP contribution in [-0.2, 0) is 24.5 Å². The van der Waals surface area contributed by atoms with Crippen molar-refractivity contribution in [1.29, 1.82) is 0 Å². The van der Waals surface area contributed by atoms with E-state index in [1.54, 1.807) is 9.80 Å². The average Bonchev–Trinajstić information content (AvgIpc) is 3.07. The smallest absolute Gasteiger partial charge is 0.410 e. The first-order valence-corrected chi connectivity index (χ1v) is 10.5. The maximum absolute atomic E-state index is 12.6. The molecule has 1 aromatic carbocycles. The highest BCUT2D eigenvalue weighted by Crippen LogP contribution is 2.38. The number of carbonyl (C=O) groups is 3. The zero-order valence-electron chi connectivity index (χ0n) is 18.3. The molecule has 2 fully saturated rings. The summed E-state index contributed by atoms with van der Waals surface area (Å²) in [5.74, 6) is -0.758. The van der Waals surface area contributed by atoms with Crippen molar-refractivity contribution in [3.05, 3.63) is 35.9 Å². The number of nitrogens with zero attached hydrogens (tertiary/aromatic N) is 2. The van der Waals surface area contributed by atoms with E-state index < -0.39 is 11.5 Å². The molecule has 0 spiro atoms. The molecule has 2 aliphatic rings. The van der Waals surface area contributed by atoms with Crippen molar-refractivity contribution in [2.45, 2.75) is 51.0 Å². The highest BCUT2D eigenvalue weighted by molar-refractivity contribution is 5.86. The van der Waals surface area contributed by atoms with E-state index in [9.17, 15) is 14.4 Å². The van der Waals surface area contributed by atoms with Crippen molar-refractivity contribution in [2.24, 2.45) is 5.92 Å². The number of carbonyl (C=O) groups excluding carboxylic acids is 3. The van der Waals surface area contributed by atoms with Crippen molar-refractivity contribution in [3.63, 3.8) is 0 Å². The number of amides is 2. The van der Waals surface area contributed by atoms with Gasteiger partial charge in [-0.1, -0.05) is 30.3 Å². The van der Waals surface area contributed by atoms with E-state index in [2.05, 4.69) is 12.1 Å². The minimum atomic E-state index is -0.532. The molecule has 0 aliphatic carbocycles. The summed E-state index contributed by atoms with van der Waals surface area (Å²) >= 11 is 0. The van der Waals surface area contributed by atoms with Crippen LogP contribution >= 0.6 is 0 Å². The third kappa shape index (κ3) is 4.94. The van der Waals surface area contributed by atoms with Crippen LogP contribution in [0.1, 0.15) is 45.6 Å². The second-order valence-electron chi connectivity index (χ2n) is 9.31. The second-order valence-corrected chi connectivity index (χ2v) is 9.31. The summed E-state index contributed by atoms with van der Waals surface area (Å²) in [6, 6.07) is 10.1. The van der Waals surface area contributed by atoms with Gasteiger partial charge >= 0.3 is 12.1 Å². The van der Waals surface area contributed by atoms with Gasteiger partial charge in [-0.3, -0.25) is 9.59 Å². The summed E-state index contributed by atoms with van der Waals surface area (Å²) in [5, 5.41) is 0. The topological polar surface area (TPSA) is 76.2 Å². The summed E-state index contributed by atoms with van der Waals surface area (Å²) in [7, 11) is 1.35. The lowest BCUT2D eigenvalue weighted by molar-refractivity contribution is -0.145. The molecule has 0 bridgehead atoms. The predicted octanol–water partition coefficient (Wildman–Crippen LogP) is 2.98. The SMILES string of the molecule is COC(=O)C1CC(=O)N(CC2(c3ccccc3)CCN(C(=O)OC(C)(C)C)CC2)C1. The van der Waals surface area contributed by atoms with Crippen molar-refractivity contribution < 1.29 is 23.9 Å². The number of hydrogen-bond acceptors (Lipinski definition) is 5. The number of benzene rings is 1. The minimum absolute atomic E-state index is 0.0183. The number of esters is 1. The molecule has 0 aromatic heterocycles. The Morgan fingerprint density at radius 1 is 1.13 bits per heavy atom. The standard InChI is InChI=1S/C23H32N2O5/c1-22(2,3)30-21(28)24-12-10-23(11-13-24,18-8-6-5-7-9-18)16-25-15-17(14-19(25)26)20(27)29-4/h5-9,17H,10-16H2,1-4H3. The summed E-state index contributed by atoms with van der Waals surface area (Å²) in [6.45, 7) is 7.62. The van der Waals surface area contributed by atoms with Crippen LogP contribution in [0, 0.1) is 5.92 Å². The lowest BCUT2D eigenvalue weighted by Gasteiger charge is -2.44. The normalized spacial score (nSPS) is 21.5. The van der Waals surface area contributed by atoms with Gasteiger partial charge in [0, 0.05) is 38.0 Å². The zero-order chi connectivity index (χ0) is 21.9. The van der Waals surface area contributed by atoms with E-state index in [4.69, 9.17) is 9.47 Å². The molecule has 3 rings (SSSR count). The van der Waals surface area contributed by atoms with E-state index in [1.807, 2.05) is 39.0 Å². The van der Waals surface area contributed by atoms with Crippen LogP contribution in [0.4, 0.5) is 4.79 Å². The summed E-state index contributed by atoms with van der Waals surface area (Å²) in [5.41, 5.74) is 0.360. The van der Waals surface area contributed by atoms with E-state index >= 15 is 0 Å². The lowest BCUT2D eigenvalue weighted by atomic mass is 9.72. The Kier molecular flexibility index (Phi) is 6.38. The number of ether oxygens (including phenoxy) is 2. The molecule has 0 radical (unpaired) electrons. The Labute approximate surface area is 178 Å². The lowest BCUT2D eigenvalue weighted by Crippen LogP contribution is -2.51. The molecule has 1 unspecified atom stereocenters. The molecule has 0 saturated carbocycles. The van der Waals surface area contributed by atoms with Gasteiger partial charge in [-0.2, -0.15) is 0 Å². The zero-order valence-corrected chi connectivity index (χ0v) is 18.3. The first-order valence-electron chi connectivity index (χ1n) is 10.5. The fraction of sp³-hybridized carbons (Fsp3) is 0.609. The van der Waals surface area contributed by atoms with Crippen LogP contribution < -0.4 is 0 Å². The third-order valence-electron chi connectivity index (χ3n) is 6.00. The van der Waals surface area contributed by atoms with Gasteiger partial charge in [0.05, 0.1) is 13.0 Å². The van der Waals surface area contributed by atoms with Gasteiger partial charge in [0.25, 0.3) is 0 Å². The van der Waals surface area contributed by atoms with Crippen LogP contribution in [0.15, 0.2) is 30.3 Å². The molecular weight excluding hydrogens is 384 g/mol. The van der Waals surface area contributed by atoms with Crippen LogP contribution in [0.5, 0.6) is 0 Å². The fourth-order valence-electron chi connectivity index (χ4n) is 4.39. The average molecular weight is 417 g/mol. The molecule has 2 aliphatic heterocycles. The quantitative estimate of drug-likeness (QED) is 0.706. The number of rotatable bonds is 4. The first kappa shape index (κ1) is 22.1. The van der Waals surface area contributed by atoms with Gasteiger partial charge in [-0.05, 0) is 39.2 Å². The maximum Gasteiger partial charge on any atom is 0.410 e. The molecule has 1 aromatic rings. The number of piperidine rings is 1. The Morgan fingerprint density at radius 3 is 2.33 bits per heavy atom. The van der Waals surface area contributed by atoms with E-state index in [-0.39, 0.29) is 29.8 Å². The Bertz CT molecular complexity index is 779. The summed E-state index contributed by atoms with van der Waals surface area (Å²) in [6.07, 6.45) is 1.35. The number of hydrogen-bond donors (Lipinski definition) is 0. The molecule has 2 heterocycles. The first-order chi connectivity index (χ1) is 14.1. The Morgan fingerprint density at radius 2 is 1.77 bits per heavy atom. The van der Waals surface area contributed by atoms with Crippen LogP contribution in [0.2, 0.25) is 0 Å². The Balaban J connectivity index is 1.76. The fourth-order valence-corrected chi connectivity index (χ4v) is 4.39. The van der Waals surface area contributed by atoms with E-state index in [0.717, 1.165) is 18.4 Å². The van der Waals surface area contributed by atoms with E-state index in [1.165, 1.54) is 7.11 Å². The monoisotopic (exact) mass is 416 g/mol. The van der Waals surface area contributed by atoms with Crippen LogP contribution in [0.3, 0.4) is 0 Å². The van der Waals surface area contributed by atoms with Crippen LogP contribution in [-0.4, -0.2) is 66.7 Å². The Hall–Kier alpha value is -2.57. The van der Waals surface area contributed by atoms with Gasteiger partial charge in [-0.15, -0.1) is 0 Å². The number of likely N-dealkylation sites (tertiary alicyclic amines) is 2. The van der Waals surface area contributed by atoms with Gasteiger partial charge in [0.15, 0.2) is 0 Å². The van der Waals surface area contributed by atoms with Crippen molar-refractivity contribution in [3.8, 4) is 0 Å². The molecule has 2 amide bonds. The molecule has 2 saturated heterocycles. The van der Waals surface area contributed by atoms with E-state index in [0.29, 0.717) is 26.2 Å². The molecular formula is C23H32N2O5. The molecule has 30 heavy (non-hydrogen) atoms. The van der Waals surface area contributed by atoms with Crippen molar-refractivity contribution in [1.82, 2.24) is 9.80 Å². The molecule has 164 valence electrons. The van der Waals surface area contributed by atoms with Gasteiger partial charge < -0.3 is 19.3 Å². The largest absolute Gasteiger partial charge is 0.469 e. The molecule has 1 atom stereocenters. The minimum Gasteiger partial charge on any atom is -0.469 e. The highest BCUT2D eigenvalue weighted by Gasteiger charge is 2.43. The number of methoxy groups -OCH3 is 1. The molecule has 0 N–H and O–H groups in total. The predicted molar refractivity (Wildman–Crippen MR) is 112 cm³/mol. The summed E-state index contributed by atoms with van der Waals surface area (Å²) in [4.78, 5) is 40.6. The third-order valence-corrected chi connectivity index (χ3v) is 6.00. The highest BCUT2D eigenvalue weighted by atomic mass is 16.6. The van der Waals surface area contributed by atoms with Gasteiger partial charge in [-0.25, -0.2) is 4.79 Å². The summed E-state index contributed by atoms with van der Waals surface area (Å²) < 4.78 is 10.4. The van der Waals surface area contributed by atoms with Crippen molar-refractivity contribution in [2.75, 3.05) is 33.3 Å². The van der Waals surface area contributed by atoms with Gasteiger partial charge in [0.2, 0.25) is 5.91 Å².